The summed E-state index contributed by atoms with van der Waals surface area (Å²) in [4.78, 5) is 5.11. The van der Waals surface area contributed by atoms with Crippen LogP contribution in [0.15, 0.2) is 52.6 Å². The quantitative estimate of drug-likeness (QED) is 0.770. The molecule has 90 valence electrons. The molecule has 0 aliphatic carbocycles. The number of pyridine rings is 1. The number of nitrogens with zero attached hydrogens (tertiary/aromatic N) is 1. The topological polar surface area (TPSA) is 33.1 Å². The Morgan fingerprint density at radius 2 is 2.00 bits per heavy atom. The number of benzene rings is 1. The SMILES string of the molecule is OC(c1sccc1Br)c1cncc2ccccc12. The van der Waals surface area contributed by atoms with Crippen LogP contribution in [0.3, 0.4) is 0 Å². The third-order valence-corrected chi connectivity index (χ3v) is 4.81. The standard InChI is InChI=1S/C14H10BrNOS/c15-12-5-6-18-14(12)13(17)11-8-16-7-9-3-1-2-4-10(9)11/h1-8,13,17H. The smallest absolute Gasteiger partial charge is 0.116 e. The minimum absolute atomic E-state index is 0.641. The van der Waals surface area contributed by atoms with Gasteiger partial charge in [0.1, 0.15) is 6.10 Å². The molecule has 0 amide bonds. The van der Waals surface area contributed by atoms with Crippen LogP contribution in [-0.2, 0) is 0 Å². The van der Waals surface area contributed by atoms with Crippen molar-refractivity contribution in [3.63, 3.8) is 0 Å². The zero-order valence-electron chi connectivity index (χ0n) is 9.38. The molecule has 0 bridgehead atoms. The molecule has 2 aromatic heterocycles. The number of aliphatic hydroxyl groups excluding tert-OH is 1. The first-order valence-electron chi connectivity index (χ1n) is 5.51. The Labute approximate surface area is 117 Å². The number of aliphatic hydroxyl groups is 1. The molecule has 1 aromatic carbocycles. The number of aromatic nitrogens is 1. The normalized spacial score (nSPS) is 12.8. The number of rotatable bonds is 2. The van der Waals surface area contributed by atoms with E-state index in [9.17, 15) is 5.11 Å². The summed E-state index contributed by atoms with van der Waals surface area (Å²) in [6.45, 7) is 0. The molecule has 1 unspecified atom stereocenters. The van der Waals surface area contributed by atoms with Crippen LogP contribution >= 0.6 is 27.3 Å². The Morgan fingerprint density at radius 3 is 2.78 bits per heavy atom. The first kappa shape index (κ1) is 11.8. The summed E-state index contributed by atoms with van der Waals surface area (Å²) in [5.74, 6) is 0. The monoisotopic (exact) mass is 319 g/mol. The Hall–Kier alpha value is -1.23. The average Bonchev–Trinajstić information content (AvgIpc) is 2.83. The van der Waals surface area contributed by atoms with E-state index in [1.165, 1.54) is 11.3 Å². The van der Waals surface area contributed by atoms with E-state index in [1.807, 2.05) is 41.9 Å². The predicted octanol–water partition coefficient (Wildman–Crippen LogP) is 4.14. The molecule has 0 spiro atoms. The molecule has 1 N–H and O–H groups in total. The fourth-order valence-electron chi connectivity index (χ4n) is 2.00. The molecule has 2 heterocycles. The van der Waals surface area contributed by atoms with Crippen LogP contribution in [0.2, 0.25) is 0 Å². The molecular weight excluding hydrogens is 310 g/mol. The highest BCUT2D eigenvalue weighted by molar-refractivity contribution is 9.10. The summed E-state index contributed by atoms with van der Waals surface area (Å²) in [6, 6.07) is 9.91. The highest BCUT2D eigenvalue weighted by atomic mass is 79.9. The molecule has 0 aliphatic heterocycles. The Bertz CT molecular complexity index is 690. The van der Waals surface area contributed by atoms with E-state index in [-0.39, 0.29) is 0 Å². The molecule has 0 fully saturated rings. The van der Waals surface area contributed by atoms with Gasteiger partial charge in [0.05, 0.1) is 4.88 Å². The highest BCUT2D eigenvalue weighted by Gasteiger charge is 2.17. The second-order valence-electron chi connectivity index (χ2n) is 3.99. The minimum Gasteiger partial charge on any atom is -0.383 e. The Morgan fingerprint density at radius 1 is 1.17 bits per heavy atom. The van der Waals surface area contributed by atoms with Gasteiger partial charge >= 0.3 is 0 Å². The molecule has 1 atom stereocenters. The van der Waals surface area contributed by atoms with E-state index in [0.717, 1.165) is 25.7 Å². The second kappa shape index (κ2) is 4.80. The van der Waals surface area contributed by atoms with Crippen molar-refractivity contribution in [1.29, 1.82) is 0 Å². The summed E-state index contributed by atoms with van der Waals surface area (Å²) in [7, 11) is 0. The summed E-state index contributed by atoms with van der Waals surface area (Å²) >= 11 is 4.99. The molecule has 0 aliphatic rings. The molecular formula is C14H10BrNOS. The maximum atomic E-state index is 10.5. The van der Waals surface area contributed by atoms with Crippen LogP contribution in [0, 0.1) is 0 Å². The molecule has 0 saturated carbocycles. The van der Waals surface area contributed by atoms with Gasteiger partial charge in [0.25, 0.3) is 0 Å². The van der Waals surface area contributed by atoms with Gasteiger partial charge < -0.3 is 5.11 Å². The van der Waals surface area contributed by atoms with Gasteiger partial charge in [0.15, 0.2) is 0 Å². The fourth-order valence-corrected chi connectivity index (χ4v) is 3.59. The lowest BCUT2D eigenvalue weighted by Gasteiger charge is -2.12. The van der Waals surface area contributed by atoms with Crippen molar-refractivity contribution >= 4 is 38.0 Å². The summed E-state index contributed by atoms with van der Waals surface area (Å²) < 4.78 is 0.938. The van der Waals surface area contributed by atoms with Crippen LogP contribution in [0.5, 0.6) is 0 Å². The number of thiophene rings is 1. The van der Waals surface area contributed by atoms with Crippen molar-refractivity contribution in [3.05, 3.63) is 63.0 Å². The van der Waals surface area contributed by atoms with E-state index in [2.05, 4.69) is 20.9 Å². The first-order valence-corrected chi connectivity index (χ1v) is 7.18. The molecule has 18 heavy (non-hydrogen) atoms. The zero-order chi connectivity index (χ0) is 12.5. The number of fused-ring (bicyclic) bond motifs is 1. The average molecular weight is 320 g/mol. The molecule has 0 saturated heterocycles. The Balaban J connectivity index is 2.18. The van der Waals surface area contributed by atoms with Gasteiger partial charge in [-0.25, -0.2) is 0 Å². The first-order chi connectivity index (χ1) is 8.77. The lowest BCUT2D eigenvalue weighted by atomic mass is 10.0. The fraction of sp³-hybridized carbons (Fsp3) is 0.0714. The minimum atomic E-state index is -0.641. The number of hydrogen-bond donors (Lipinski definition) is 1. The van der Waals surface area contributed by atoms with Crippen LogP contribution in [-0.4, -0.2) is 10.1 Å². The van der Waals surface area contributed by atoms with Crippen molar-refractivity contribution < 1.29 is 5.11 Å². The maximum absolute atomic E-state index is 10.5. The maximum Gasteiger partial charge on any atom is 0.116 e. The Kier molecular flexibility index (Phi) is 3.16. The van der Waals surface area contributed by atoms with E-state index < -0.39 is 6.10 Å². The van der Waals surface area contributed by atoms with Gasteiger partial charge in [-0.2, -0.15) is 0 Å². The van der Waals surface area contributed by atoms with Gasteiger partial charge in [-0.3, -0.25) is 4.98 Å². The van der Waals surface area contributed by atoms with Crippen molar-refractivity contribution in [2.24, 2.45) is 0 Å². The van der Waals surface area contributed by atoms with Crippen LogP contribution in [0.25, 0.3) is 10.8 Å². The molecule has 0 radical (unpaired) electrons. The molecule has 3 aromatic rings. The van der Waals surface area contributed by atoms with Gasteiger partial charge in [-0.1, -0.05) is 24.3 Å². The highest BCUT2D eigenvalue weighted by Crippen LogP contribution is 2.35. The molecule has 3 rings (SSSR count). The molecule has 2 nitrogen and oxygen atoms in total. The summed E-state index contributed by atoms with van der Waals surface area (Å²) in [5, 5.41) is 14.5. The predicted molar refractivity (Wildman–Crippen MR) is 77.8 cm³/mol. The van der Waals surface area contributed by atoms with Crippen LogP contribution in [0.1, 0.15) is 16.5 Å². The van der Waals surface area contributed by atoms with E-state index in [0.29, 0.717) is 0 Å². The van der Waals surface area contributed by atoms with Crippen molar-refractivity contribution in [3.8, 4) is 0 Å². The largest absolute Gasteiger partial charge is 0.383 e. The van der Waals surface area contributed by atoms with E-state index in [4.69, 9.17) is 0 Å². The third kappa shape index (κ3) is 1.96. The second-order valence-corrected chi connectivity index (χ2v) is 5.79. The van der Waals surface area contributed by atoms with E-state index in [1.54, 1.807) is 6.20 Å². The summed E-state index contributed by atoms with van der Waals surface area (Å²) in [6.07, 6.45) is 2.91. The third-order valence-electron chi connectivity index (χ3n) is 2.89. The number of halogens is 1. The van der Waals surface area contributed by atoms with E-state index >= 15 is 0 Å². The zero-order valence-corrected chi connectivity index (χ0v) is 11.8. The van der Waals surface area contributed by atoms with Crippen molar-refractivity contribution in [1.82, 2.24) is 4.98 Å². The van der Waals surface area contributed by atoms with Crippen LogP contribution < -0.4 is 0 Å². The van der Waals surface area contributed by atoms with Gasteiger partial charge in [-0.15, -0.1) is 11.3 Å². The summed E-state index contributed by atoms with van der Waals surface area (Å²) in [5.41, 5.74) is 0.844. The lowest BCUT2D eigenvalue weighted by molar-refractivity contribution is 0.224. The van der Waals surface area contributed by atoms with Gasteiger partial charge in [-0.05, 0) is 32.8 Å². The van der Waals surface area contributed by atoms with Crippen molar-refractivity contribution in [2.45, 2.75) is 6.10 Å². The van der Waals surface area contributed by atoms with Crippen LogP contribution in [0.4, 0.5) is 0 Å². The lowest BCUT2D eigenvalue weighted by Crippen LogP contribution is -1.99. The number of hydrogen-bond acceptors (Lipinski definition) is 3. The van der Waals surface area contributed by atoms with Gasteiger partial charge in [0, 0.05) is 27.8 Å². The van der Waals surface area contributed by atoms with Crippen molar-refractivity contribution in [2.75, 3.05) is 0 Å². The van der Waals surface area contributed by atoms with Gasteiger partial charge in [0.2, 0.25) is 0 Å². The molecule has 4 heteroatoms.